The molecule has 1 saturated heterocycles. The molecule has 0 bridgehead atoms. The molecule has 1 aliphatic rings. The van der Waals surface area contributed by atoms with Crippen LogP contribution >= 0.6 is 0 Å². The van der Waals surface area contributed by atoms with Crippen LogP contribution in [-0.2, 0) is 4.79 Å². The van der Waals surface area contributed by atoms with Gasteiger partial charge in [-0.25, -0.2) is 9.97 Å². The summed E-state index contributed by atoms with van der Waals surface area (Å²) in [5.74, 6) is 0.384. The fourth-order valence-corrected chi connectivity index (χ4v) is 3.02. The number of hydrogen-bond acceptors (Lipinski definition) is 5. The Morgan fingerprint density at radius 2 is 2.00 bits per heavy atom. The summed E-state index contributed by atoms with van der Waals surface area (Å²) in [7, 11) is 0. The van der Waals surface area contributed by atoms with E-state index in [0.29, 0.717) is 44.4 Å². The molecule has 0 atom stereocenters. The van der Waals surface area contributed by atoms with Crippen LogP contribution < -0.4 is 9.80 Å². The van der Waals surface area contributed by atoms with Gasteiger partial charge in [0.1, 0.15) is 5.69 Å². The predicted molar refractivity (Wildman–Crippen MR) is 100 cm³/mol. The normalized spacial score (nSPS) is 14.2. The molecule has 1 aromatic heterocycles. The molecule has 26 heavy (non-hydrogen) atoms. The van der Waals surface area contributed by atoms with E-state index in [1.54, 1.807) is 22.1 Å². The molecule has 2 amide bonds. The lowest BCUT2D eigenvalue weighted by atomic mass is 10.2. The minimum atomic E-state index is -0.145. The first kappa shape index (κ1) is 17.8. The van der Waals surface area contributed by atoms with Crippen LogP contribution in [-0.4, -0.2) is 59.9 Å². The highest BCUT2D eigenvalue weighted by atomic mass is 16.2. The van der Waals surface area contributed by atoms with Gasteiger partial charge in [0, 0.05) is 44.6 Å². The highest BCUT2D eigenvalue weighted by Gasteiger charge is 2.21. The largest absolute Gasteiger partial charge is 0.342 e. The van der Waals surface area contributed by atoms with E-state index in [1.165, 1.54) is 0 Å². The lowest BCUT2D eigenvalue weighted by Crippen LogP contribution is -2.46. The lowest BCUT2D eigenvalue weighted by molar-refractivity contribution is -0.118. The quantitative estimate of drug-likeness (QED) is 0.766. The van der Waals surface area contributed by atoms with Gasteiger partial charge in [0.2, 0.25) is 12.4 Å². The molecule has 3 rings (SSSR count). The van der Waals surface area contributed by atoms with Crippen molar-refractivity contribution in [1.82, 2.24) is 14.9 Å². The van der Waals surface area contributed by atoms with E-state index in [-0.39, 0.29) is 5.91 Å². The Morgan fingerprint density at radius 3 is 2.65 bits per heavy atom. The first-order valence-corrected chi connectivity index (χ1v) is 8.78. The van der Waals surface area contributed by atoms with E-state index in [2.05, 4.69) is 9.97 Å². The summed E-state index contributed by atoms with van der Waals surface area (Å²) in [6.07, 6.45) is 2.48. The number of piperazine rings is 1. The average molecular weight is 353 g/mol. The summed E-state index contributed by atoms with van der Waals surface area (Å²) in [5.41, 5.74) is 2.33. The second-order valence-electron chi connectivity index (χ2n) is 6.26. The summed E-state index contributed by atoms with van der Waals surface area (Å²) >= 11 is 0. The van der Waals surface area contributed by atoms with Crippen molar-refractivity contribution in [3.05, 3.63) is 47.8 Å². The Kier molecular flexibility index (Phi) is 5.46. The number of carbonyl (C=O) groups is 2. The van der Waals surface area contributed by atoms with Gasteiger partial charge < -0.3 is 14.7 Å². The second-order valence-corrected chi connectivity index (χ2v) is 6.26. The molecule has 7 nitrogen and oxygen atoms in total. The van der Waals surface area contributed by atoms with Gasteiger partial charge in [-0.2, -0.15) is 0 Å². The molecule has 0 aliphatic carbocycles. The van der Waals surface area contributed by atoms with Crippen molar-refractivity contribution in [3.8, 4) is 0 Å². The fourth-order valence-electron chi connectivity index (χ4n) is 3.02. The Bertz CT molecular complexity index is 787. The minimum Gasteiger partial charge on any atom is -0.342 e. The number of aryl methyl sites for hydroxylation is 1. The summed E-state index contributed by atoms with van der Waals surface area (Å²) in [6, 6.07) is 9.51. The minimum absolute atomic E-state index is 0.145. The highest BCUT2D eigenvalue weighted by molar-refractivity contribution is 6.04. The van der Waals surface area contributed by atoms with Crippen LogP contribution in [0.3, 0.4) is 0 Å². The van der Waals surface area contributed by atoms with E-state index < -0.39 is 0 Å². The molecular weight excluding hydrogens is 330 g/mol. The van der Waals surface area contributed by atoms with E-state index in [9.17, 15) is 9.59 Å². The predicted octanol–water partition coefficient (Wildman–Crippen LogP) is 1.73. The van der Waals surface area contributed by atoms with Crippen LogP contribution in [0.4, 0.5) is 11.6 Å². The maximum atomic E-state index is 13.0. The third-order valence-electron chi connectivity index (χ3n) is 4.48. The zero-order chi connectivity index (χ0) is 18.5. The van der Waals surface area contributed by atoms with Gasteiger partial charge in [-0.05, 0) is 37.6 Å². The Hall–Kier alpha value is -2.96. The van der Waals surface area contributed by atoms with Gasteiger partial charge >= 0.3 is 0 Å². The van der Waals surface area contributed by atoms with Crippen molar-refractivity contribution in [2.45, 2.75) is 13.8 Å². The van der Waals surface area contributed by atoms with Crippen LogP contribution in [0, 0.1) is 6.92 Å². The van der Waals surface area contributed by atoms with Gasteiger partial charge in [-0.15, -0.1) is 0 Å². The zero-order valence-corrected chi connectivity index (χ0v) is 15.1. The molecular formula is C19H23N5O2. The van der Waals surface area contributed by atoms with E-state index >= 15 is 0 Å². The topological polar surface area (TPSA) is 69.6 Å². The van der Waals surface area contributed by atoms with Crippen molar-refractivity contribution in [1.29, 1.82) is 0 Å². The fraction of sp³-hybridized carbons (Fsp3) is 0.368. The molecule has 1 fully saturated rings. The van der Waals surface area contributed by atoms with E-state index in [0.717, 1.165) is 17.7 Å². The second kappa shape index (κ2) is 7.95. The molecule has 0 unspecified atom stereocenters. The van der Waals surface area contributed by atoms with Crippen LogP contribution in [0.25, 0.3) is 0 Å². The monoisotopic (exact) mass is 353 g/mol. The number of nitrogens with zero attached hydrogens (tertiary/aromatic N) is 5. The van der Waals surface area contributed by atoms with Gasteiger partial charge in [0.25, 0.3) is 5.91 Å². The molecule has 0 radical (unpaired) electrons. The third-order valence-corrected chi connectivity index (χ3v) is 4.48. The number of carbonyl (C=O) groups excluding carboxylic acids is 2. The van der Waals surface area contributed by atoms with Crippen molar-refractivity contribution in [2.75, 3.05) is 42.5 Å². The van der Waals surface area contributed by atoms with Crippen LogP contribution in [0.15, 0.2) is 36.5 Å². The van der Waals surface area contributed by atoms with Crippen LogP contribution in [0.2, 0.25) is 0 Å². The van der Waals surface area contributed by atoms with Crippen molar-refractivity contribution >= 4 is 24.0 Å². The molecule has 2 heterocycles. The SMILES string of the molecule is CCN(C(=O)c1ccnc(N2CCN(C=O)CC2)n1)c1cccc(C)c1. The van der Waals surface area contributed by atoms with Gasteiger partial charge in [0.05, 0.1) is 0 Å². The number of hydrogen-bond donors (Lipinski definition) is 0. The molecule has 1 aliphatic heterocycles. The van der Waals surface area contributed by atoms with Crippen molar-refractivity contribution in [2.24, 2.45) is 0 Å². The number of rotatable bonds is 5. The molecule has 2 aromatic rings. The molecule has 0 spiro atoms. The molecule has 0 N–H and O–H groups in total. The summed E-state index contributed by atoms with van der Waals surface area (Å²) in [4.78, 5) is 38.0. The van der Waals surface area contributed by atoms with Crippen molar-refractivity contribution in [3.63, 3.8) is 0 Å². The molecule has 0 saturated carbocycles. The Balaban J connectivity index is 1.80. The van der Waals surface area contributed by atoms with Crippen LogP contribution in [0.5, 0.6) is 0 Å². The first-order chi connectivity index (χ1) is 12.6. The maximum Gasteiger partial charge on any atom is 0.277 e. The van der Waals surface area contributed by atoms with Gasteiger partial charge in [-0.3, -0.25) is 9.59 Å². The average Bonchev–Trinajstić information content (AvgIpc) is 2.69. The zero-order valence-electron chi connectivity index (χ0n) is 15.1. The Morgan fingerprint density at radius 1 is 1.23 bits per heavy atom. The summed E-state index contributed by atoms with van der Waals surface area (Å²) < 4.78 is 0. The number of anilines is 2. The lowest BCUT2D eigenvalue weighted by Gasteiger charge is -2.32. The summed E-state index contributed by atoms with van der Waals surface area (Å²) in [5, 5.41) is 0. The van der Waals surface area contributed by atoms with E-state index in [4.69, 9.17) is 0 Å². The Labute approximate surface area is 153 Å². The number of benzene rings is 1. The molecule has 7 heteroatoms. The van der Waals surface area contributed by atoms with Gasteiger partial charge in [-0.1, -0.05) is 12.1 Å². The number of aromatic nitrogens is 2. The maximum absolute atomic E-state index is 13.0. The standard InChI is InChI=1S/C19H23N5O2/c1-3-24(16-6-4-5-15(2)13-16)18(26)17-7-8-20-19(21-17)23-11-9-22(14-25)10-12-23/h4-8,13-14H,3,9-12H2,1-2H3. The number of amides is 2. The molecule has 1 aromatic carbocycles. The highest BCUT2D eigenvalue weighted by Crippen LogP contribution is 2.19. The molecule has 136 valence electrons. The first-order valence-electron chi connectivity index (χ1n) is 8.78. The van der Waals surface area contributed by atoms with Crippen LogP contribution in [0.1, 0.15) is 23.0 Å². The van der Waals surface area contributed by atoms with Gasteiger partial charge in [0.15, 0.2) is 0 Å². The summed E-state index contributed by atoms with van der Waals surface area (Å²) in [6.45, 7) is 7.09. The van der Waals surface area contributed by atoms with Crippen molar-refractivity contribution < 1.29 is 9.59 Å². The van der Waals surface area contributed by atoms with E-state index in [1.807, 2.05) is 43.0 Å². The smallest absolute Gasteiger partial charge is 0.277 e. The third kappa shape index (κ3) is 3.82.